The molecule has 0 saturated heterocycles. The van der Waals surface area contributed by atoms with Crippen molar-refractivity contribution < 1.29 is 76.3 Å². The second kappa shape index (κ2) is 28.2. The quantitative estimate of drug-likeness (QED) is 0.0325. The number of benzene rings is 3. The molecule has 4 unspecified atom stereocenters. The van der Waals surface area contributed by atoms with Crippen LogP contribution in [0.15, 0.2) is 84.9 Å². The van der Waals surface area contributed by atoms with Gasteiger partial charge in [-0.05, 0) is 83.7 Å². The van der Waals surface area contributed by atoms with Crippen molar-refractivity contribution in [2.24, 2.45) is 0 Å². The molecule has 0 N–H and O–H groups in total. The van der Waals surface area contributed by atoms with Crippen molar-refractivity contribution in [3.63, 3.8) is 0 Å². The molecule has 63 heavy (non-hydrogen) atoms. The van der Waals surface area contributed by atoms with E-state index in [2.05, 4.69) is 0 Å². The Hall–Kier alpha value is -6.42. The number of carbonyl (C=O) groups excluding carboxylic acids is 8. The summed E-state index contributed by atoms with van der Waals surface area (Å²) >= 11 is 0. The fourth-order valence-electron chi connectivity index (χ4n) is 5.51. The van der Waals surface area contributed by atoms with Crippen LogP contribution >= 0.6 is 0 Å². The van der Waals surface area contributed by atoms with Crippen molar-refractivity contribution in [1.82, 2.24) is 0 Å². The molecule has 16 heteroatoms. The van der Waals surface area contributed by atoms with E-state index in [4.69, 9.17) is 37.9 Å². The molecular weight excluding hydrogens is 821 g/mol. The van der Waals surface area contributed by atoms with Crippen molar-refractivity contribution >= 4 is 47.6 Å². The number of hydrogen-bond donors (Lipinski definition) is 0. The summed E-state index contributed by atoms with van der Waals surface area (Å²) in [4.78, 5) is 98.9. The summed E-state index contributed by atoms with van der Waals surface area (Å²) in [5.74, 6) is -4.39. The predicted molar refractivity (Wildman–Crippen MR) is 224 cm³/mol. The normalized spacial score (nSPS) is 12.6. The van der Waals surface area contributed by atoms with Gasteiger partial charge < -0.3 is 37.9 Å². The maximum absolute atomic E-state index is 12.9. The second-order valence-corrected chi connectivity index (χ2v) is 14.6. The number of ether oxygens (including phenoxy) is 8. The van der Waals surface area contributed by atoms with E-state index >= 15 is 0 Å². The van der Waals surface area contributed by atoms with Gasteiger partial charge in [0.05, 0.1) is 22.8 Å². The molecule has 0 aliphatic rings. The van der Waals surface area contributed by atoms with Crippen molar-refractivity contribution in [3.8, 4) is 0 Å². The molecular formula is C47H56O16. The number of hydrogen-bond acceptors (Lipinski definition) is 16. The van der Waals surface area contributed by atoms with Gasteiger partial charge >= 0.3 is 41.8 Å². The first-order chi connectivity index (χ1) is 30.2. The maximum Gasteiger partial charge on any atom is 0.339 e. The highest BCUT2D eigenvalue weighted by molar-refractivity contribution is 6.07. The van der Waals surface area contributed by atoms with Crippen LogP contribution in [-0.4, -0.2) is 105 Å². The molecule has 0 aliphatic carbocycles. The topological polar surface area (TPSA) is 210 Å². The van der Waals surface area contributed by atoms with Gasteiger partial charge in [0.25, 0.3) is 0 Å². The van der Waals surface area contributed by atoms with Gasteiger partial charge in [-0.3, -0.25) is 24.0 Å². The smallest absolute Gasteiger partial charge is 0.339 e. The Morgan fingerprint density at radius 2 is 0.778 bits per heavy atom. The van der Waals surface area contributed by atoms with Crippen LogP contribution in [0.4, 0.5) is 0 Å². The molecule has 0 amide bonds. The first kappa shape index (κ1) is 50.9. The van der Waals surface area contributed by atoms with Gasteiger partial charge in [0, 0.05) is 31.2 Å². The lowest BCUT2D eigenvalue weighted by molar-refractivity contribution is -0.158. The number of ketones is 1. The summed E-state index contributed by atoms with van der Waals surface area (Å²) in [6.45, 7) is 5.41. The monoisotopic (exact) mass is 876 g/mol. The maximum atomic E-state index is 12.9. The van der Waals surface area contributed by atoms with Gasteiger partial charge in [-0.25, -0.2) is 14.4 Å². The van der Waals surface area contributed by atoms with Gasteiger partial charge in [-0.1, -0.05) is 54.6 Å². The summed E-state index contributed by atoms with van der Waals surface area (Å²) in [5, 5.41) is 0. The largest absolute Gasteiger partial charge is 0.462 e. The third-order valence-electron chi connectivity index (χ3n) is 8.82. The second-order valence-electron chi connectivity index (χ2n) is 14.6. The highest BCUT2D eigenvalue weighted by Crippen LogP contribution is 2.14. The fraction of sp³-hybridized carbons (Fsp3) is 0.447. The van der Waals surface area contributed by atoms with Gasteiger partial charge in [0.2, 0.25) is 0 Å². The Morgan fingerprint density at radius 1 is 0.397 bits per heavy atom. The first-order valence-electron chi connectivity index (χ1n) is 20.8. The van der Waals surface area contributed by atoms with Gasteiger partial charge in [-0.15, -0.1) is 0 Å². The number of esters is 7. The lowest BCUT2D eigenvalue weighted by Crippen LogP contribution is -2.25. The van der Waals surface area contributed by atoms with Gasteiger partial charge in [-0.2, -0.15) is 0 Å². The van der Waals surface area contributed by atoms with Crippen molar-refractivity contribution in [2.45, 2.75) is 103 Å². The predicted octanol–water partition coefficient (Wildman–Crippen LogP) is 6.60. The SMILES string of the molecule is CC(COC(=O)c1ccccc1)OCC(=O)c1ccccc1C(=O)OCC(C)OC(=O)CCCCC(=O)OCC(C)OC(=O)CCCCC(=O)OCC(C)OC(=O)c1ccccc1. The van der Waals surface area contributed by atoms with Gasteiger partial charge in [0.15, 0.2) is 5.78 Å². The average molecular weight is 877 g/mol. The summed E-state index contributed by atoms with van der Waals surface area (Å²) < 4.78 is 42.3. The molecule has 16 nitrogen and oxygen atoms in total. The Kier molecular flexibility index (Phi) is 22.8. The molecule has 0 heterocycles. The van der Waals surface area contributed by atoms with Gasteiger partial charge in [0.1, 0.15) is 51.3 Å². The molecule has 0 aromatic heterocycles. The van der Waals surface area contributed by atoms with Crippen molar-refractivity contribution in [2.75, 3.05) is 33.0 Å². The van der Waals surface area contributed by atoms with E-state index in [1.54, 1.807) is 100 Å². The van der Waals surface area contributed by atoms with Crippen LogP contribution < -0.4 is 0 Å². The molecule has 0 spiro atoms. The number of carbonyl (C=O) groups is 8. The lowest BCUT2D eigenvalue weighted by Gasteiger charge is -2.15. The van der Waals surface area contributed by atoms with Crippen LogP contribution in [-0.2, 0) is 57.1 Å². The Balaban J connectivity index is 1.21. The van der Waals surface area contributed by atoms with Crippen LogP contribution in [0, 0.1) is 0 Å². The molecule has 3 rings (SSSR count). The van der Waals surface area contributed by atoms with Crippen LogP contribution in [0.1, 0.15) is 120 Å². The minimum atomic E-state index is -0.795. The van der Waals surface area contributed by atoms with E-state index in [9.17, 15) is 38.4 Å². The van der Waals surface area contributed by atoms with E-state index in [0.29, 0.717) is 36.8 Å². The van der Waals surface area contributed by atoms with Crippen LogP contribution in [0.25, 0.3) is 0 Å². The van der Waals surface area contributed by atoms with E-state index < -0.39 is 72.0 Å². The van der Waals surface area contributed by atoms with E-state index in [1.807, 2.05) is 0 Å². The Bertz CT molecular complexity index is 1950. The lowest BCUT2D eigenvalue weighted by atomic mass is 10.0. The number of rotatable bonds is 28. The summed E-state index contributed by atoms with van der Waals surface area (Å²) in [6, 6.07) is 23.0. The molecule has 4 atom stereocenters. The molecule has 0 bridgehead atoms. The minimum Gasteiger partial charge on any atom is -0.462 e. The zero-order valence-electron chi connectivity index (χ0n) is 36.1. The zero-order chi connectivity index (χ0) is 46.0. The molecule has 3 aromatic rings. The standard InChI is InChI=1S/C47H56O16/c1-32(27-59-45(53)36-17-7-5-8-18-36)56-31-40(48)38-21-11-12-22-39(38)47(55)60-30-34(3)62-44(52)26-16-13-23-41(49)57-28-33(2)61-43(51)25-15-14-24-42(50)58-29-35(4)63-46(54)37-19-9-6-10-20-37/h5-12,17-22,32-35H,13-16,23-31H2,1-4H3. The molecule has 0 radical (unpaired) electrons. The number of Topliss-reactive ketones (excluding diaryl/α,β-unsaturated/α-hetero) is 1. The van der Waals surface area contributed by atoms with Crippen molar-refractivity contribution in [3.05, 3.63) is 107 Å². The van der Waals surface area contributed by atoms with Crippen LogP contribution in [0.2, 0.25) is 0 Å². The van der Waals surface area contributed by atoms with E-state index in [1.165, 1.54) is 12.1 Å². The van der Waals surface area contributed by atoms with Crippen molar-refractivity contribution in [1.29, 1.82) is 0 Å². The van der Waals surface area contributed by atoms with E-state index in [-0.39, 0.29) is 69.8 Å². The Labute approximate surface area is 366 Å². The zero-order valence-corrected chi connectivity index (χ0v) is 36.1. The molecule has 0 saturated carbocycles. The summed E-state index contributed by atoms with van der Waals surface area (Å²) in [5.41, 5.74) is 0.868. The average Bonchev–Trinajstić information content (AvgIpc) is 3.28. The first-order valence-corrected chi connectivity index (χ1v) is 20.8. The minimum absolute atomic E-state index is 0.00181. The highest BCUT2D eigenvalue weighted by atomic mass is 16.6. The van der Waals surface area contributed by atoms with Crippen LogP contribution in [0.3, 0.4) is 0 Å². The molecule has 340 valence electrons. The molecule has 0 aliphatic heterocycles. The third kappa shape index (κ3) is 20.8. The number of unbranched alkanes of at least 4 members (excludes halogenated alkanes) is 2. The molecule has 3 aromatic carbocycles. The fourth-order valence-corrected chi connectivity index (χ4v) is 5.51. The van der Waals surface area contributed by atoms with E-state index in [0.717, 1.165) is 0 Å². The third-order valence-corrected chi connectivity index (χ3v) is 8.82. The highest BCUT2D eigenvalue weighted by Gasteiger charge is 2.21. The summed E-state index contributed by atoms with van der Waals surface area (Å²) in [6.07, 6.45) is -1.16. The summed E-state index contributed by atoms with van der Waals surface area (Å²) in [7, 11) is 0. The molecule has 0 fully saturated rings. The Morgan fingerprint density at radius 3 is 1.29 bits per heavy atom. The van der Waals surface area contributed by atoms with Crippen LogP contribution in [0.5, 0.6) is 0 Å².